The molecule has 0 spiro atoms. The van der Waals surface area contributed by atoms with Gasteiger partial charge in [-0.25, -0.2) is 0 Å². The maximum absolute atomic E-state index is 9.91. The van der Waals surface area contributed by atoms with Crippen LogP contribution in [0.25, 0.3) is 0 Å². The molecular formula is C15H20O8. The maximum Gasteiger partial charge on any atom is 0.229 e. The molecule has 0 bridgehead atoms. The van der Waals surface area contributed by atoms with E-state index in [-0.39, 0.29) is 6.10 Å². The quantitative estimate of drug-likeness (QED) is 0.473. The van der Waals surface area contributed by atoms with Crippen molar-refractivity contribution in [3.05, 3.63) is 24.3 Å². The minimum atomic E-state index is -1.47. The molecular weight excluding hydrogens is 308 g/mol. The standard InChI is InChI=1S/C15H20O8/c16-5-11-12(17)13(18)14(19)15(23-11)22-9-3-1-8(2-4-9)20-6-10-7-21-10/h1-4,10-19H,5-7H2/t10?,11-,12-,13+,14-,15-/m1/s1. The van der Waals surface area contributed by atoms with Gasteiger partial charge in [0.05, 0.1) is 13.2 Å². The molecule has 8 nitrogen and oxygen atoms in total. The Bertz CT molecular complexity index is 501. The Morgan fingerprint density at radius 3 is 2.26 bits per heavy atom. The predicted molar refractivity (Wildman–Crippen MR) is 76.1 cm³/mol. The third kappa shape index (κ3) is 3.92. The van der Waals surface area contributed by atoms with Crippen molar-refractivity contribution < 1.29 is 39.4 Å². The minimum Gasteiger partial charge on any atom is -0.491 e. The first kappa shape index (κ1) is 16.4. The summed E-state index contributed by atoms with van der Waals surface area (Å²) in [5.41, 5.74) is 0. The van der Waals surface area contributed by atoms with Crippen molar-refractivity contribution in [3.63, 3.8) is 0 Å². The highest BCUT2D eigenvalue weighted by molar-refractivity contribution is 5.31. The largest absolute Gasteiger partial charge is 0.491 e. The summed E-state index contributed by atoms with van der Waals surface area (Å²) in [6, 6.07) is 6.65. The zero-order valence-electron chi connectivity index (χ0n) is 12.3. The van der Waals surface area contributed by atoms with Gasteiger partial charge in [0.2, 0.25) is 6.29 Å². The second-order valence-electron chi connectivity index (χ2n) is 5.55. The summed E-state index contributed by atoms with van der Waals surface area (Å²) < 4.78 is 21.3. The lowest BCUT2D eigenvalue weighted by atomic mass is 9.99. The lowest BCUT2D eigenvalue weighted by Crippen LogP contribution is -2.60. The number of hydrogen-bond donors (Lipinski definition) is 4. The van der Waals surface area contributed by atoms with Crippen molar-refractivity contribution in [3.8, 4) is 11.5 Å². The zero-order chi connectivity index (χ0) is 16.4. The van der Waals surface area contributed by atoms with Crippen LogP contribution in [0.4, 0.5) is 0 Å². The number of aliphatic hydroxyl groups is 4. The minimum absolute atomic E-state index is 0.167. The molecule has 2 fully saturated rings. The molecule has 1 aromatic rings. The van der Waals surface area contributed by atoms with Crippen LogP contribution >= 0.6 is 0 Å². The smallest absolute Gasteiger partial charge is 0.229 e. The summed E-state index contributed by atoms with van der Waals surface area (Å²) in [6.07, 6.45) is -6.34. The van der Waals surface area contributed by atoms with Crippen molar-refractivity contribution in [1.82, 2.24) is 0 Å². The van der Waals surface area contributed by atoms with E-state index in [1.165, 1.54) is 0 Å². The third-order valence-corrected chi connectivity index (χ3v) is 3.76. The Morgan fingerprint density at radius 2 is 1.65 bits per heavy atom. The van der Waals surface area contributed by atoms with Crippen LogP contribution in [0.3, 0.4) is 0 Å². The first-order chi connectivity index (χ1) is 11.1. The number of epoxide rings is 1. The molecule has 4 N–H and O–H groups in total. The summed E-state index contributed by atoms with van der Waals surface area (Å²) in [5.74, 6) is 1.05. The fraction of sp³-hybridized carbons (Fsp3) is 0.600. The van der Waals surface area contributed by atoms with E-state index in [9.17, 15) is 15.3 Å². The molecule has 2 heterocycles. The predicted octanol–water partition coefficient (Wildman–Crippen LogP) is -1.36. The molecule has 1 aromatic carbocycles. The van der Waals surface area contributed by atoms with Gasteiger partial charge in [-0.2, -0.15) is 0 Å². The van der Waals surface area contributed by atoms with E-state index in [1.54, 1.807) is 24.3 Å². The lowest BCUT2D eigenvalue weighted by molar-refractivity contribution is -0.277. The van der Waals surface area contributed by atoms with E-state index in [0.29, 0.717) is 18.1 Å². The number of hydrogen-bond acceptors (Lipinski definition) is 8. The summed E-state index contributed by atoms with van der Waals surface area (Å²) in [5, 5.41) is 38.5. The average Bonchev–Trinajstić information content (AvgIpc) is 3.39. The number of ether oxygens (including phenoxy) is 4. The van der Waals surface area contributed by atoms with Gasteiger partial charge in [0, 0.05) is 0 Å². The fourth-order valence-corrected chi connectivity index (χ4v) is 2.27. The van der Waals surface area contributed by atoms with Crippen molar-refractivity contribution in [2.24, 2.45) is 0 Å². The van der Waals surface area contributed by atoms with Gasteiger partial charge < -0.3 is 39.4 Å². The van der Waals surface area contributed by atoms with Crippen LogP contribution in [-0.4, -0.2) is 77.1 Å². The zero-order valence-corrected chi connectivity index (χ0v) is 12.3. The first-order valence-corrected chi connectivity index (χ1v) is 7.40. The lowest BCUT2D eigenvalue weighted by Gasteiger charge is -2.39. The third-order valence-electron chi connectivity index (χ3n) is 3.76. The Balaban J connectivity index is 1.58. The van der Waals surface area contributed by atoms with Gasteiger partial charge in [-0.3, -0.25) is 0 Å². The highest BCUT2D eigenvalue weighted by Crippen LogP contribution is 2.25. The normalized spacial score (nSPS) is 36.5. The van der Waals surface area contributed by atoms with E-state index in [1.807, 2.05) is 0 Å². The van der Waals surface area contributed by atoms with Crippen LogP contribution in [0, 0.1) is 0 Å². The maximum atomic E-state index is 9.91. The summed E-state index contributed by atoms with van der Waals surface area (Å²) in [6.45, 7) is 0.714. The molecule has 0 radical (unpaired) electrons. The molecule has 2 saturated heterocycles. The molecule has 128 valence electrons. The van der Waals surface area contributed by atoms with Gasteiger partial charge in [-0.1, -0.05) is 0 Å². The van der Waals surface area contributed by atoms with E-state index < -0.39 is 37.3 Å². The fourth-order valence-electron chi connectivity index (χ4n) is 2.27. The molecule has 0 amide bonds. The molecule has 3 rings (SSSR count). The van der Waals surface area contributed by atoms with Gasteiger partial charge in [0.25, 0.3) is 0 Å². The first-order valence-electron chi connectivity index (χ1n) is 7.40. The van der Waals surface area contributed by atoms with Crippen LogP contribution in [0.5, 0.6) is 11.5 Å². The molecule has 2 aliphatic heterocycles. The highest BCUT2D eigenvalue weighted by atomic mass is 16.7. The SMILES string of the molecule is OC[C@H]1O[C@@H](Oc2ccc(OCC3CO3)cc2)[C@H](O)[C@@H](O)[C@@H]1O. The van der Waals surface area contributed by atoms with E-state index in [0.717, 1.165) is 6.61 Å². The van der Waals surface area contributed by atoms with Gasteiger partial charge in [0.15, 0.2) is 0 Å². The van der Waals surface area contributed by atoms with Gasteiger partial charge in [-0.15, -0.1) is 0 Å². The summed E-state index contributed by atoms with van der Waals surface area (Å²) >= 11 is 0. The van der Waals surface area contributed by atoms with Crippen LogP contribution in [0.2, 0.25) is 0 Å². The number of benzene rings is 1. The topological polar surface area (TPSA) is 121 Å². The molecule has 0 aliphatic carbocycles. The Kier molecular flexibility index (Phi) is 5.00. The number of rotatable bonds is 6. The van der Waals surface area contributed by atoms with Gasteiger partial charge in [0.1, 0.15) is 48.6 Å². The van der Waals surface area contributed by atoms with Crippen LogP contribution in [0.15, 0.2) is 24.3 Å². The Morgan fingerprint density at radius 1 is 1.00 bits per heavy atom. The molecule has 8 heteroatoms. The summed E-state index contributed by atoms with van der Waals surface area (Å²) in [4.78, 5) is 0. The highest BCUT2D eigenvalue weighted by Gasteiger charge is 2.44. The number of aliphatic hydroxyl groups excluding tert-OH is 4. The van der Waals surface area contributed by atoms with Crippen LogP contribution in [0.1, 0.15) is 0 Å². The van der Waals surface area contributed by atoms with E-state index >= 15 is 0 Å². The average molecular weight is 328 g/mol. The molecule has 23 heavy (non-hydrogen) atoms. The molecule has 0 aromatic heterocycles. The summed E-state index contributed by atoms with van der Waals surface area (Å²) in [7, 11) is 0. The van der Waals surface area contributed by atoms with Crippen LogP contribution in [-0.2, 0) is 9.47 Å². The molecule has 0 saturated carbocycles. The molecule has 1 unspecified atom stereocenters. The second-order valence-corrected chi connectivity index (χ2v) is 5.55. The monoisotopic (exact) mass is 328 g/mol. The van der Waals surface area contributed by atoms with Crippen molar-refractivity contribution >= 4 is 0 Å². The van der Waals surface area contributed by atoms with Crippen molar-refractivity contribution in [2.75, 3.05) is 19.8 Å². The van der Waals surface area contributed by atoms with Crippen molar-refractivity contribution in [1.29, 1.82) is 0 Å². The van der Waals surface area contributed by atoms with E-state index in [4.69, 9.17) is 24.1 Å². The molecule has 6 atom stereocenters. The molecule has 2 aliphatic rings. The second kappa shape index (κ2) is 7.00. The van der Waals surface area contributed by atoms with Gasteiger partial charge in [-0.05, 0) is 24.3 Å². The van der Waals surface area contributed by atoms with Gasteiger partial charge >= 0.3 is 0 Å². The van der Waals surface area contributed by atoms with E-state index in [2.05, 4.69) is 0 Å². The Labute approximate surface area is 132 Å². The van der Waals surface area contributed by atoms with Crippen LogP contribution < -0.4 is 9.47 Å². The van der Waals surface area contributed by atoms with Crippen molar-refractivity contribution in [2.45, 2.75) is 36.8 Å². The Hall–Kier alpha value is -1.42.